The minimum atomic E-state index is -1.64. The molecule has 0 unspecified atom stereocenters. The van der Waals surface area contributed by atoms with Crippen molar-refractivity contribution in [3.05, 3.63) is 127 Å². The summed E-state index contributed by atoms with van der Waals surface area (Å²) in [4.78, 5) is 52.5. The van der Waals surface area contributed by atoms with Crippen molar-refractivity contribution in [1.82, 2.24) is 19.5 Å². The molecule has 0 saturated carbocycles. The number of fused-ring (bicyclic) bond motifs is 1. The molecule has 0 spiro atoms. The fraction of sp³-hybridized carbons (Fsp3) is 0.188. The van der Waals surface area contributed by atoms with Crippen LogP contribution in [-0.2, 0) is 18.9 Å². The maximum Gasteiger partial charge on any atom is 0.338 e. The average molecular weight is 579 g/mol. The number of hydrogen-bond donors (Lipinski definition) is 0. The molecule has 1 fully saturated rings. The van der Waals surface area contributed by atoms with E-state index in [1.165, 1.54) is 18.9 Å². The van der Waals surface area contributed by atoms with Crippen molar-refractivity contribution in [3.63, 3.8) is 0 Å². The third-order valence-corrected chi connectivity index (χ3v) is 7.14. The zero-order valence-electron chi connectivity index (χ0n) is 23.0. The summed E-state index contributed by atoms with van der Waals surface area (Å²) < 4.78 is 25.8. The first-order valence-corrected chi connectivity index (χ1v) is 13.5. The van der Waals surface area contributed by atoms with E-state index in [1.54, 1.807) is 102 Å². The summed E-state index contributed by atoms with van der Waals surface area (Å²) in [7, 11) is 0. The molecule has 3 heterocycles. The molecular formula is C32H26N4O7. The van der Waals surface area contributed by atoms with Crippen molar-refractivity contribution in [2.45, 2.75) is 31.0 Å². The highest BCUT2D eigenvalue weighted by Crippen LogP contribution is 2.44. The van der Waals surface area contributed by atoms with Crippen LogP contribution in [0.5, 0.6) is 0 Å². The van der Waals surface area contributed by atoms with Crippen LogP contribution < -0.4 is 0 Å². The number of ether oxygens (including phenoxy) is 4. The lowest BCUT2D eigenvalue weighted by Gasteiger charge is -2.34. The third kappa shape index (κ3) is 5.57. The number of nitrogens with zero attached hydrogens (tertiary/aromatic N) is 4. The minimum absolute atomic E-state index is 0.281. The molecule has 0 radical (unpaired) electrons. The van der Waals surface area contributed by atoms with Gasteiger partial charge in [0.15, 0.2) is 23.6 Å². The van der Waals surface area contributed by atoms with Crippen molar-refractivity contribution in [2.24, 2.45) is 0 Å². The lowest BCUT2D eigenvalue weighted by molar-refractivity contribution is -0.108. The number of hydrogen-bond acceptors (Lipinski definition) is 10. The number of esters is 3. The number of carbonyl (C=O) groups excluding carboxylic acids is 3. The van der Waals surface area contributed by atoms with Crippen molar-refractivity contribution < 1.29 is 33.3 Å². The molecule has 0 amide bonds. The summed E-state index contributed by atoms with van der Waals surface area (Å²) in [5, 5.41) is 0. The first kappa shape index (κ1) is 27.7. The van der Waals surface area contributed by atoms with Gasteiger partial charge in [-0.05, 0) is 43.3 Å². The summed E-state index contributed by atoms with van der Waals surface area (Å²) in [6.07, 6.45) is 1.02. The molecule has 5 aromatic rings. The SMILES string of the molecule is C[C@@]1(OC(=O)c2ccccc2)[C@H](OC(=O)c2ccccc2)[C@@H](COC(=O)c2ccccc2)O[C@H]1n1cnc2cncnc21. The van der Waals surface area contributed by atoms with Crippen LogP contribution in [0.2, 0.25) is 0 Å². The monoisotopic (exact) mass is 578 g/mol. The van der Waals surface area contributed by atoms with Gasteiger partial charge >= 0.3 is 17.9 Å². The van der Waals surface area contributed by atoms with Crippen molar-refractivity contribution >= 4 is 29.1 Å². The Morgan fingerprint density at radius 3 is 2.02 bits per heavy atom. The van der Waals surface area contributed by atoms with E-state index in [9.17, 15) is 14.4 Å². The number of carbonyl (C=O) groups is 3. The Kier molecular flexibility index (Phi) is 7.63. The van der Waals surface area contributed by atoms with Gasteiger partial charge in [-0.2, -0.15) is 0 Å². The molecule has 43 heavy (non-hydrogen) atoms. The van der Waals surface area contributed by atoms with Gasteiger partial charge in [0.2, 0.25) is 0 Å². The van der Waals surface area contributed by atoms with Crippen LogP contribution in [0.15, 0.2) is 110 Å². The fourth-order valence-electron chi connectivity index (χ4n) is 5.01. The van der Waals surface area contributed by atoms with Gasteiger partial charge in [0, 0.05) is 0 Å². The highest BCUT2D eigenvalue weighted by molar-refractivity contribution is 5.91. The van der Waals surface area contributed by atoms with E-state index in [0.29, 0.717) is 16.7 Å². The quantitative estimate of drug-likeness (QED) is 0.193. The molecule has 216 valence electrons. The zero-order valence-corrected chi connectivity index (χ0v) is 23.0. The van der Waals surface area contributed by atoms with Crippen molar-refractivity contribution in [1.29, 1.82) is 0 Å². The molecule has 11 heteroatoms. The second-order valence-corrected chi connectivity index (χ2v) is 10.0. The normalized spacial score (nSPS) is 21.3. The van der Waals surface area contributed by atoms with E-state index in [4.69, 9.17) is 18.9 Å². The van der Waals surface area contributed by atoms with E-state index in [0.717, 1.165) is 0 Å². The van der Waals surface area contributed by atoms with Crippen LogP contribution >= 0.6 is 0 Å². The van der Waals surface area contributed by atoms with Crippen molar-refractivity contribution in [2.75, 3.05) is 6.61 Å². The maximum atomic E-state index is 13.5. The molecule has 3 aromatic carbocycles. The smallest absolute Gasteiger partial charge is 0.338 e. The fourth-order valence-corrected chi connectivity index (χ4v) is 5.01. The summed E-state index contributed by atoms with van der Waals surface area (Å²) in [5.41, 5.74) is 0.137. The predicted octanol–water partition coefficient (Wildman–Crippen LogP) is 4.42. The molecule has 0 N–H and O–H groups in total. The molecule has 1 aliphatic heterocycles. The number of benzene rings is 3. The Balaban J connectivity index is 1.40. The zero-order chi connectivity index (χ0) is 29.8. The van der Waals surface area contributed by atoms with Crippen LogP contribution in [-0.4, -0.2) is 61.8 Å². The van der Waals surface area contributed by atoms with Crippen molar-refractivity contribution in [3.8, 4) is 0 Å². The summed E-state index contributed by atoms with van der Waals surface area (Å²) in [6, 6.07) is 25.3. The highest BCUT2D eigenvalue weighted by atomic mass is 16.7. The second kappa shape index (κ2) is 11.8. The molecule has 2 aromatic heterocycles. The Morgan fingerprint density at radius 1 is 0.814 bits per heavy atom. The Bertz CT molecular complexity index is 1750. The molecular weight excluding hydrogens is 552 g/mol. The van der Waals surface area contributed by atoms with Gasteiger partial charge in [-0.25, -0.2) is 29.3 Å². The largest absolute Gasteiger partial charge is 0.459 e. The molecule has 0 aliphatic carbocycles. The van der Waals surface area contributed by atoms with Gasteiger partial charge in [-0.3, -0.25) is 4.57 Å². The number of rotatable bonds is 8. The summed E-state index contributed by atoms with van der Waals surface area (Å²) in [6.45, 7) is 1.30. The Labute approximate surface area is 246 Å². The van der Waals surface area contributed by atoms with Gasteiger partial charge in [-0.15, -0.1) is 0 Å². The molecule has 11 nitrogen and oxygen atoms in total. The molecule has 6 rings (SSSR count). The van der Waals surface area contributed by atoms with Crippen LogP contribution in [0, 0.1) is 0 Å². The van der Waals surface area contributed by atoms with Crippen LogP contribution in [0.1, 0.15) is 44.2 Å². The van der Waals surface area contributed by atoms with E-state index in [2.05, 4.69) is 15.0 Å². The van der Waals surface area contributed by atoms with Crippen LogP contribution in [0.25, 0.3) is 11.2 Å². The number of imidazole rings is 1. The van der Waals surface area contributed by atoms with Gasteiger partial charge in [0.05, 0.1) is 29.2 Å². The van der Waals surface area contributed by atoms with E-state index in [-0.39, 0.29) is 17.7 Å². The topological polar surface area (TPSA) is 132 Å². The molecule has 1 aliphatic rings. The predicted molar refractivity (Wildman–Crippen MR) is 152 cm³/mol. The summed E-state index contributed by atoms with van der Waals surface area (Å²) >= 11 is 0. The molecule has 0 bridgehead atoms. The number of aromatic nitrogens is 4. The maximum absolute atomic E-state index is 13.5. The highest BCUT2D eigenvalue weighted by Gasteiger charge is 2.60. The lowest BCUT2D eigenvalue weighted by Crippen LogP contribution is -2.50. The summed E-state index contributed by atoms with van der Waals surface area (Å²) in [5.74, 6) is -1.93. The van der Waals surface area contributed by atoms with Gasteiger partial charge in [-0.1, -0.05) is 54.6 Å². The van der Waals surface area contributed by atoms with Crippen LogP contribution in [0.3, 0.4) is 0 Å². The average Bonchev–Trinajstić information content (AvgIpc) is 3.59. The van der Waals surface area contributed by atoms with E-state index < -0.39 is 41.9 Å². The van der Waals surface area contributed by atoms with Gasteiger partial charge < -0.3 is 18.9 Å². The van der Waals surface area contributed by atoms with E-state index >= 15 is 0 Å². The molecule has 1 saturated heterocycles. The standard InChI is InChI=1S/C32H26N4O7/c1-32(43-30(39)23-15-9-4-10-16-23)26(42-29(38)22-13-7-3-8-14-22)25(18-40-28(37)21-11-5-2-6-12-21)41-31(32)36-20-35-24-17-33-19-34-27(24)36/h2-17,19-20,25-26,31H,18H2,1H3/t25-,26-,31-,32-/m1/s1. The van der Waals surface area contributed by atoms with Crippen LogP contribution in [0.4, 0.5) is 0 Å². The van der Waals surface area contributed by atoms with Gasteiger partial charge in [0.25, 0.3) is 0 Å². The minimum Gasteiger partial charge on any atom is -0.459 e. The Morgan fingerprint density at radius 2 is 1.40 bits per heavy atom. The first-order valence-electron chi connectivity index (χ1n) is 13.5. The Hall–Kier alpha value is -5.42. The van der Waals surface area contributed by atoms with E-state index in [1.807, 2.05) is 0 Å². The third-order valence-electron chi connectivity index (χ3n) is 7.14. The molecule has 4 atom stereocenters. The lowest BCUT2D eigenvalue weighted by atomic mass is 9.95. The van der Waals surface area contributed by atoms with Gasteiger partial charge in [0.1, 0.15) is 24.6 Å². The second-order valence-electron chi connectivity index (χ2n) is 10.0. The first-order chi connectivity index (χ1) is 20.9.